The molecule has 1 unspecified atom stereocenters. The number of nitriles is 2. The van der Waals surface area contributed by atoms with E-state index in [1.807, 2.05) is 31.2 Å². The summed E-state index contributed by atoms with van der Waals surface area (Å²) in [6.07, 6.45) is 0.367. The number of amides is 1. The Morgan fingerprint density at radius 2 is 1.79 bits per heavy atom. The number of pyridine rings is 1. The summed E-state index contributed by atoms with van der Waals surface area (Å²) in [7, 11) is 0. The van der Waals surface area contributed by atoms with Crippen LogP contribution in [0.15, 0.2) is 98.2 Å². The lowest BCUT2D eigenvalue weighted by atomic mass is 10.00. The summed E-state index contributed by atoms with van der Waals surface area (Å²) in [5.74, 6) is -0.415. The van der Waals surface area contributed by atoms with Crippen LogP contribution in [0.25, 0.3) is 11.3 Å². The summed E-state index contributed by atoms with van der Waals surface area (Å²) in [5.41, 5.74) is 3.67. The lowest BCUT2D eigenvalue weighted by Crippen LogP contribution is -2.31. The number of carbonyl (C=O) groups is 2. The van der Waals surface area contributed by atoms with E-state index in [4.69, 9.17) is 4.42 Å². The second kappa shape index (κ2) is 11.9. The summed E-state index contributed by atoms with van der Waals surface area (Å²) in [6.45, 7) is 5.50. The maximum atomic E-state index is 13.6. The summed E-state index contributed by atoms with van der Waals surface area (Å²) in [6, 6.07) is 23.6. The number of furan rings is 1. The molecule has 3 heterocycles. The number of nitrogens with zero attached hydrogens (tertiary/aromatic N) is 6. The van der Waals surface area contributed by atoms with E-state index in [0.29, 0.717) is 34.0 Å². The molecule has 5 rings (SSSR count). The Morgan fingerprint density at radius 3 is 2.43 bits per heavy atom. The Balaban J connectivity index is 1.56. The summed E-state index contributed by atoms with van der Waals surface area (Å²) in [4.78, 5) is 32.8. The van der Waals surface area contributed by atoms with Gasteiger partial charge in [0.25, 0.3) is 5.91 Å². The number of rotatable bonds is 6. The Bertz CT molecular complexity index is 1820. The molecule has 0 aliphatic carbocycles. The predicted octanol–water partition coefficient (Wildman–Crippen LogP) is 6.70. The molecule has 11 heteroatoms. The van der Waals surface area contributed by atoms with Crippen LogP contribution in [-0.2, 0) is 9.59 Å². The molecule has 0 saturated carbocycles. The van der Waals surface area contributed by atoms with Crippen LogP contribution in [0.3, 0.4) is 0 Å². The van der Waals surface area contributed by atoms with Crippen molar-refractivity contribution >= 4 is 40.0 Å². The fraction of sp³-hybridized carbons (Fsp3) is 0.129. The molecule has 42 heavy (non-hydrogen) atoms. The highest BCUT2D eigenvalue weighted by atomic mass is 32.2. The fourth-order valence-electron chi connectivity index (χ4n) is 4.35. The van der Waals surface area contributed by atoms with Crippen LogP contribution in [-0.4, -0.2) is 22.2 Å². The van der Waals surface area contributed by atoms with Gasteiger partial charge in [-0.3, -0.25) is 9.59 Å². The first-order chi connectivity index (χ1) is 20.3. The highest BCUT2D eigenvalue weighted by Gasteiger charge is 2.41. The van der Waals surface area contributed by atoms with Crippen LogP contribution in [0.1, 0.15) is 22.4 Å². The van der Waals surface area contributed by atoms with Gasteiger partial charge in [-0.15, -0.1) is 0 Å². The van der Waals surface area contributed by atoms with Crippen molar-refractivity contribution in [1.29, 1.82) is 10.5 Å². The number of aryl methyl sites for hydroxylation is 2. The summed E-state index contributed by atoms with van der Waals surface area (Å²) in [5, 5.41) is 31.0. The largest absolute Gasteiger partial charge is 0.464 e. The minimum Gasteiger partial charge on any atom is -0.464 e. The third kappa shape index (κ3) is 5.42. The minimum absolute atomic E-state index is 0.0263. The highest BCUT2D eigenvalue weighted by Crippen LogP contribution is 2.41. The van der Waals surface area contributed by atoms with Gasteiger partial charge in [0.2, 0.25) is 11.3 Å². The molecule has 1 aliphatic rings. The number of carbonyl (C=O) groups excluding carboxylic acids is 2. The molecule has 2 aromatic carbocycles. The van der Waals surface area contributed by atoms with Crippen molar-refractivity contribution in [3.05, 3.63) is 106 Å². The first-order valence-corrected chi connectivity index (χ1v) is 13.6. The minimum atomic E-state index is -1.12. The fourth-order valence-corrected chi connectivity index (χ4v) is 5.34. The van der Waals surface area contributed by atoms with Gasteiger partial charge < -0.3 is 14.6 Å². The SMILES string of the molecule is Cc1ccc(N=NC2C(=O)S/C(=C(\C#N)C(=O)Nc3nc(C)c(C)c(-c4ccco4)c3C#N)N2c2ccccc2)cc1. The number of hydrogen-bond acceptors (Lipinski definition) is 10. The molecular weight excluding hydrogens is 550 g/mol. The second-order valence-corrected chi connectivity index (χ2v) is 10.3. The first kappa shape index (κ1) is 28.0. The van der Waals surface area contributed by atoms with Gasteiger partial charge in [0.05, 0.1) is 12.0 Å². The van der Waals surface area contributed by atoms with E-state index >= 15 is 0 Å². The zero-order chi connectivity index (χ0) is 29.8. The van der Waals surface area contributed by atoms with Crippen LogP contribution < -0.4 is 10.2 Å². The molecule has 1 N–H and O–H groups in total. The average Bonchev–Trinajstić information content (AvgIpc) is 3.63. The number of para-hydroxylation sites is 1. The van der Waals surface area contributed by atoms with Crippen molar-refractivity contribution in [3.8, 4) is 23.5 Å². The third-order valence-electron chi connectivity index (χ3n) is 6.57. The van der Waals surface area contributed by atoms with Crippen LogP contribution in [0.2, 0.25) is 0 Å². The van der Waals surface area contributed by atoms with Gasteiger partial charge in [-0.25, -0.2) is 4.98 Å². The number of benzene rings is 2. The van der Waals surface area contributed by atoms with E-state index in [1.165, 1.54) is 11.2 Å². The molecule has 0 spiro atoms. The van der Waals surface area contributed by atoms with Gasteiger partial charge >= 0.3 is 0 Å². The quantitative estimate of drug-likeness (QED) is 0.152. The summed E-state index contributed by atoms with van der Waals surface area (Å²) < 4.78 is 5.54. The van der Waals surface area contributed by atoms with E-state index in [0.717, 1.165) is 17.3 Å². The number of thioether (sulfide) groups is 1. The number of hydrogen-bond donors (Lipinski definition) is 1. The zero-order valence-corrected chi connectivity index (χ0v) is 23.6. The first-order valence-electron chi connectivity index (χ1n) is 12.8. The normalized spacial score (nSPS) is 15.9. The molecule has 1 aliphatic heterocycles. The second-order valence-electron chi connectivity index (χ2n) is 9.31. The van der Waals surface area contributed by atoms with E-state index < -0.39 is 17.2 Å². The highest BCUT2D eigenvalue weighted by molar-refractivity contribution is 8.17. The zero-order valence-electron chi connectivity index (χ0n) is 22.8. The topological polar surface area (TPSA) is 148 Å². The van der Waals surface area contributed by atoms with Gasteiger partial charge in [-0.1, -0.05) is 35.9 Å². The smallest absolute Gasteiger partial charge is 0.270 e. The molecule has 2 aromatic heterocycles. The van der Waals surface area contributed by atoms with Crippen LogP contribution in [0, 0.1) is 43.4 Å². The predicted molar refractivity (Wildman–Crippen MR) is 158 cm³/mol. The number of anilines is 2. The maximum absolute atomic E-state index is 13.6. The Kier molecular flexibility index (Phi) is 7.96. The number of nitrogens with one attached hydrogen (secondary N) is 1. The molecule has 1 saturated heterocycles. The van der Waals surface area contributed by atoms with Crippen LogP contribution >= 0.6 is 11.8 Å². The average molecular weight is 574 g/mol. The van der Waals surface area contributed by atoms with Gasteiger partial charge in [-0.05, 0) is 74.5 Å². The molecule has 4 aromatic rings. The van der Waals surface area contributed by atoms with Crippen LogP contribution in [0.4, 0.5) is 17.2 Å². The molecule has 1 atom stereocenters. The lowest BCUT2D eigenvalue weighted by molar-refractivity contribution is -0.113. The molecular formula is C31H23N7O3S. The van der Waals surface area contributed by atoms with Gasteiger partial charge in [0.1, 0.15) is 34.1 Å². The Labute approximate surface area is 246 Å². The molecule has 0 radical (unpaired) electrons. The van der Waals surface area contributed by atoms with Crippen molar-refractivity contribution in [2.75, 3.05) is 10.2 Å². The van der Waals surface area contributed by atoms with E-state index in [9.17, 15) is 20.1 Å². The van der Waals surface area contributed by atoms with E-state index in [2.05, 4.69) is 26.6 Å². The lowest BCUT2D eigenvalue weighted by Gasteiger charge is -2.23. The number of azo groups is 1. The van der Waals surface area contributed by atoms with Crippen molar-refractivity contribution < 1.29 is 14.0 Å². The number of aromatic nitrogens is 1. The molecule has 1 amide bonds. The van der Waals surface area contributed by atoms with Crippen molar-refractivity contribution in [2.45, 2.75) is 26.9 Å². The van der Waals surface area contributed by atoms with Crippen LogP contribution in [0.5, 0.6) is 0 Å². The van der Waals surface area contributed by atoms with E-state index in [1.54, 1.807) is 62.4 Å². The third-order valence-corrected chi connectivity index (χ3v) is 7.58. The van der Waals surface area contributed by atoms with Crippen molar-refractivity contribution in [1.82, 2.24) is 4.98 Å². The van der Waals surface area contributed by atoms with E-state index in [-0.39, 0.29) is 22.0 Å². The standard InChI is InChI=1S/C31H23N7O3S/c1-18-11-13-21(14-12-18)36-37-28-31(40)42-30(38(28)22-8-5-4-6-9-22)24(17-33)29(39)35-27-23(16-32)26(19(2)20(3)34-27)25-10-7-15-41-25/h4-15,28H,1-3H3,(H,34,35,39)/b30-24+,37-36?. The maximum Gasteiger partial charge on any atom is 0.270 e. The molecule has 1 fully saturated rings. The summed E-state index contributed by atoms with van der Waals surface area (Å²) >= 11 is 0.732. The van der Waals surface area contributed by atoms with Crippen molar-refractivity contribution in [3.63, 3.8) is 0 Å². The van der Waals surface area contributed by atoms with Crippen molar-refractivity contribution in [2.24, 2.45) is 10.2 Å². The Morgan fingerprint density at radius 1 is 1.05 bits per heavy atom. The molecule has 0 bridgehead atoms. The molecule has 206 valence electrons. The van der Waals surface area contributed by atoms with Gasteiger partial charge in [0, 0.05) is 16.9 Å². The Hall–Kier alpha value is -5.52. The molecule has 10 nitrogen and oxygen atoms in total. The monoisotopic (exact) mass is 573 g/mol. The van der Waals surface area contributed by atoms with Gasteiger partial charge in [-0.2, -0.15) is 20.8 Å². The van der Waals surface area contributed by atoms with Gasteiger partial charge in [0.15, 0.2) is 5.82 Å².